The molecule has 4 rings (SSSR count). The molecule has 0 radical (unpaired) electrons. The fourth-order valence-corrected chi connectivity index (χ4v) is 3.70. The van der Waals surface area contributed by atoms with Crippen molar-refractivity contribution < 1.29 is 13.2 Å². The molecule has 1 aromatic carbocycles. The van der Waals surface area contributed by atoms with Crippen LogP contribution >= 0.6 is 0 Å². The Balaban J connectivity index is 1.41. The van der Waals surface area contributed by atoms with Gasteiger partial charge in [0.2, 0.25) is 5.91 Å². The number of carbonyl (C=O) groups excluding carboxylic acids is 1. The molecule has 0 saturated carbocycles. The second-order valence-electron chi connectivity index (χ2n) is 6.66. The van der Waals surface area contributed by atoms with Crippen molar-refractivity contribution in [3.8, 4) is 0 Å². The van der Waals surface area contributed by atoms with E-state index in [1.165, 1.54) is 18.5 Å². The average molecular weight is 401 g/mol. The van der Waals surface area contributed by atoms with Crippen LogP contribution in [0.2, 0.25) is 0 Å². The predicted octanol–water partition coefficient (Wildman–Crippen LogP) is 0.720. The van der Waals surface area contributed by atoms with Crippen molar-refractivity contribution in [1.29, 1.82) is 0 Å². The second-order valence-corrected chi connectivity index (χ2v) is 8.68. The SMILES string of the molecule is CCn1nnc2c(N3CC(C(=O)Nc4ccc(S(C)(=O)=O)cc4)C3)ncnc21. The minimum absolute atomic E-state index is 0.120. The normalized spacial score (nSPS) is 14.9. The van der Waals surface area contributed by atoms with Gasteiger partial charge in [0, 0.05) is 31.6 Å². The van der Waals surface area contributed by atoms with Crippen LogP contribution in [0.3, 0.4) is 0 Å². The largest absolute Gasteiger partial charge is 0.353 e. The summed E-state index contributed by atoms with van der Waals surface area (Å²) in [6.07, 6.45) is 2.62. The molecule has 0 unspecified atom stereocenters. The number of carbonyl (C=O) groups is 1. The molecular weight excluding hydrogens is 382 g/mol. The molecule has 28 heavy (non-hydrogen) atoms. The fourth-order valence-electron chi connectivity index (χ4n) is 3.07. The lowest BCUT2D eigenvalue weighted by molar-refractivity contribution is -0.120. The highest BCUT2D eigenvalue weighted by atomic mass is 32.2. The van der Waals surface area contributed by atoms with Gasteiger partial charge in [0.15, 0.2) is 26.8 Å². The lowest BCUT2D eigenvalue weighted by Crippen LogP contribution is -2.52. The van der Waals surface area contributed by atoms with E-state index in [1.807, 2.05) is 11.8 Å². The summed E-state index contributed by atoms with van der Waals surface area (Å²) in [7, 11) is -3.26. The van der Waals surface area contributed by atoms with Gasteiger partial charge < -0.3 is 10.2 Å². The molecule has 146 valence electrons. The third-order valence-electron chi connectivity index (χ3n) is 4.68. The highest BCUT2D eigenvalue weighted by Crippen LogP contribution is 2.28. The summed E-state index contributed by atoms with van der Waals surface area (Å²) in [6.45, 7) is 3.65. The lowest BCUT2D eigenvalue weighted by atomic mass is 9.99. The summed E-state index contributed by atoms with van der Waals surface area (Å²) < 4.78 is 24.7. The van der Waals surface area contributed by atoms with E-state index in [1.54, 1.807) is 16.8 Å². The molecule has 11 heteroatoms. The molecule has 1 aliphatic rings. The Morgan fingerprint density at radius 1 is 1.21 bits per heavy atom. The molecule has 0 atom stereocenters. The summed E-state index contributed by atoms with van der Waals surface area (Å²) >= 11 is 0. The first kappa shape index (κ1) is 18.3. The van der Waals surface area contributed by atoms with Gasteiger partial charge in [-0.15, -0.1) is 5.10 Å². The van der Waals surface area contributed by atoms with Crippen LogP contribution in [0.1, 0.15) is 6.92 Å². The smallest absolute Gasteiger partial charge is 0.231 e. The van der Waals surface area contributed by atoms with Crippen LogP contribution < -0.4 is 10.2 Å². The van der Waals surface area contributed by atoms with Crippen LogP contribution in [-0.4, -0.2) is 58.6 Å². The van der Waals surface area contributed by atoms with Gasteiger partial charge in [0.25, 0.3) is 0 Å². The van der Waals surface area contributed by atoms with Gasteiger partial charge >= 0.3 is 0 Å². The number of hydrogen-bond donors (Lipinski definition) is 1. The molecule has 1 aliphatic heterocycles. The Labute approximate surface area is 161 Å². The van der Waals surface area contributed by atoms with Crippen LogP contribution in [0.5, 0.6) is 0 Å². The molecule has 0 bridgehead atoms. The van der Waals surface area contributed by atoms with Crippen molar-refractivity contribution in [3.05, 3.63) is 30.6 Å². The van der Waals surface area contributed by atoms with Gasteiger partial charge in [-0.25, -0.2) is 23.1 Å². The van der Waals surface area contributed by atoms with Crippen molar-refractivity contribution in [2.24, 2.45) is 5.92 Å². The monoisotopic (exact) mass is 401 g/mol. The van der Waals surface area contributed by atoms with Gasteiger partial charge in [-0.05, 0) is 31.2 Å². The Hall–Kier alpha value is -3.08. The Kier molecular flexibility index (Phi) is 4.46. The van der Waals surface area contributed by atoms with Crippen molar-refractivity contribution >= 4 is 38.4 Å². The number of fused-ring (bicyclic) bond motifs is 1. The van der Waals surface area contributed by atoms with Gasteiger partial charge in [0.05, 0.1) is 10.8 Å². The van der Waals surface area contributed by atoms with Crippen LogP contribution in [0, 0.1) is 5.92 Å². The van der Waals surface area contributed by atoms with Crippen molar-refractivity contribution in [1.82, 2.24) is 25.0 Å². The summed E-state index contributed by atoms with van der Waals surface area (Å²) in [5.41, 5.74) is 1.86. The first-order valence-electron chi connectivity index (χ1n) is 8.77. The average Bonchev–Trinajstić information content (AvgIpc) is 3.04. The zero-order chi connectivity index (χ0) is 19.9. The molecule has 1 saturated heterocycles. The van der Waals surface area contributed by atoms with Crippen LogP contribution in [0.15, 0.2) is 35.5 Å². The molecule has 3 aromatic rings. The quantitative estimate of drug-likeness (QED) is 0.663. The molecule has 1 amide bonds. The first-order valence-corrected chi connectivity index (χ1v) is 10.7. The number of benzene rings is 1. The van der Waals surface area contributed by atoms with E-state index < -0.39 is 9.84 Å². The molecule has 10 nitrogen and oxygen atoms in total. The van der Waals surface area contributed by atoms with Crippen molar-refractivity contribution in [3.63, 3.8) is 0 Å². The number of nitrogens with one attached hydrogen (secondary N) is 1. The topological polar surface area (TPSA) is 123 Å². The fraction of sp³-hybridized carbons (Fsp3) is 0.353. The highest BCUT2D eigenvalue weighted by Gasteiger charge is 2.35. The number of rotatable bonds is 5. The number of nitrogens with zero attached hydrogens (tertiary/aromatic N) is 6. The van der Waals surface area contributed by atoms with E-state index in [-0.39, 0.29) is 16.7 Å². The predicted molar refractivity (Wildman–Crippen MR) is 103 cm³/mol. The molecule has 3 heterocycles. The summed E-state index contributed by atoms with van der Waals surface area (Å²) in [6, 6.07) is 6.13. The lowest BCUT2D eigenvalue weighted by Gasteiger charge is -2.38. The Morgan fingerprint density at radius 3 is 2.57 bits per heavy atom. The maximum Gasteiger partial charge on any atom is 0.231 e. The number of amides is 1. The van der Waals surface area contributed by atoms with Crippen molar-refractivity contribution in [2.75, 3.05) is 29.6 Å². The first-order chi connectivity index (χ1) is 13.4. The molecule has 1 fully saturated rings. The third kappa shape index (κ3) is 3.28. The third-order valence-corrected chi connectivity index (χ3v) is 5.81. The minimum Gasteiger partial charge on any atom is -0.353 e. The molecule has 0 aliphatic carbocycles. The standard InChI is InChI=1S/C17H19N7O3S/c1-3-24-16-14(21-22-24)15(18-10-19-16)23-8-11(9-23)17(25)20-12-4-6-13(7-5-12)28(2,26)27/h4-7,10-11H,3,8-9H2,1-2H3,(H,20,25). The number of aryl methyl sites for hydroxylation is 1. The van der Waals surface area contributed by atoms with E-state index in [4.69, 9.17) is 0 Å². The van der Waals surface area contributed by atoms with Gasteiger partial charge in [0.1, 0.15) is 6.33 Å². The van der Waals surface area contributed by atoms with E-state index in [0.29, 0.717) is 42.3 Å². The number of hydrogen-bond acceptors (Lipinski definition) is 8. The van der Waals surface area contributed by atoms with E-state index in [2.05, 4.69) is 25.6 Å². The van der Waals surface area contributed by atoms with Crippen LogP contribution in [0.25, 0.3) is 11.2 Å². The second kappa shape index (κ2) is 6.82. The Morgan fingerprint density at radius 2 is 1.93 bits per heavy atom. The maximum absolute atomic E-state index is 12.4. The number of aromatic nitrogens is 5. The number of sulfone groups is 1. The highest BCUT2D eigenvalue weighted by molar-refractivity contribution is 7.90. The number of anilines is 2. The molecule has 0 spiro atoms. The Bertz CT molecular complexity index is 1140. The van der Waals surface area contributed by atoms with Gasteiger partial charge in [-0.2, -0.15) is 0 Å². The summed E-state index contributed by atoms with van der Waals surface area (Å²) in [5, 5.41) is 11.0. The molecular formula is C17H19N7O3S. The maximum atomic E-state index is 12.4. The van der Waals surface area contributed by atoms with Gasteiger partial charge in [-0.3, -0.25) is 4.79 Å². The van der Waals surface area contributed by atoms with Crippen molar-refractivity contribution in [2.45, 2.75) is 18.4 Å². The molecule has 1 N–H and O–H groups in total. The summed E-state index contributed by atoms with van der Waals surface area (Å²) in [5.74, 6) is 0.359. The van der Waals surface area contributed by atoms with E-state index in [0.717, 1.165) is 6.26 Å². The van der Waals surface area contributed by atoms with Gasteiger partial charge in [-0.1, -0.05) is 5.21 Å². The van der Waals surface area contributed by atoms with E-state index >= 15 is 0 Å². The van der Waals surface area contributed by atoms with Crippen LogP contribution in [-0.2, 0) is 21.2 Å². The zero-order valence-electron chi connectivity index (χ0n) is 15.4. The molecule has 2 aromatic heterocycles. The van der Waals surface area contributed by atoms with E-state index in [9.17, 15) is 13.2 Å². The summed E-state index contributed by atoms with van der Waals surface area (Å²) in [4.78, 5) is 23.2. The zero-order valence-corrected chi connectivity index (χ0v) is 16.2. The minimum atomic E-state index is -3.26. The van der Waals surface area contributed by atoms with Crippen LogP contribution in [0.4, 0.5) is 11.5 Å².